The third-order valence-electron chi connectivity index (χ3n) is 6.78. The summed E-state index contributed by atoms with van der Waals surface area (Å²) in [7, 11) is 0. The lowest BCUT2D eigenvalue weighted by atomic mass is 9.89. The highest BCUT2D eigenvalue weighted by atomic mass is 19.4. The van der Waals surface area contributed by atoms with Crippen molar-refractivity contribution in [3.05, 3.63) is 105 Å². The van der Waals surface area contributed by atoms with Crippen LogP contribution in [0.15, 0.2) is 72.8 Å². The van der Waals surface area contributed by atoms with E-state index in [1.165, 1.54) is 65.6 Å². The van der Waals surface area contributed by atoms with Gasteiger partial charge < -0.3 is 9.80 Å². The molecule has 0 unspecified atom stereocenters. The highest BCUT2D eigenvalue weighted by molar-refractivity contribution is 6.06. The molecule has 1 aliphatic rings. The molecule has 0 radical (unpaired) electrons. The van der Waals surface area contributed by atoms with Crippen molar-refractivity contribution in [3.8, 4) is 0 Å². The number of nitro groups is 1. The fourth-order valence-electron chi connectivity index (χ4n) is 4.59. The number of piperidine rings is 1. The molecule has 39 heavy (non-hydrogen) atoms. The molecule has 4 rings (SSSR count). The first-order valence-electron chi connectivity index (χ1n) is 12.3. The fraction of sp³-hybridized carbons (Fsp3) is 0.286. The van der Waals surface area contributed by atoms with E-state index in [0.29, 0.717) is 38.0 Å². The van der Waals surface area contributed by atoms with Gasteiger partial charge in [-0.05, 0) is 80.5 Å². The third kappa shape index (κ3) is 6.85. The second-order valence-corrected chi connectivity index (χ2v) is 9.30. The van der Waals surface area contributed by atoms with Gasteiger partial charge in [0, 0.05) is 48.0 Å². The Bertz CT molecular complexity index is 1340. The Labute approximate surface area is 221 Å². The first-order chi connectivity index (χ1) is 18.5. The molecule has 1 heterocycles. The number of halogens is 4. The number of Topliss-reactive ketones (excluding diaryl/α,β-unsaturated/α-hetero) is 1. The van der Waals surface area contributed by atoms with Gasteiger partial charge in [-0.15, -0.1) is 0 Å². The topological polar surface area (TPSA) is 83.8 Å². The molecule has 0 saturated carbocycles. The molecule has 3 aromatic carbocycles. The Morgan fingerprint density at radius 2 is 1.56 bits per heavy atom. The van der Waals surface area contributed by atoms with E-state index in [4.69, 9.17) is 0 Å². The lowest BCUT2D eigenvalue weighted by Gasteiger charge is -2.33. The first kappa shape index (κ1) is 27.9. The minimum Gasteiger partial charge on any atom is -0.307 e. The maximum absolute atomic E-state index is 13.4. The SMILES string of the molecule is O=C(c1ccc(F)cc1)C1CCN(CCN(C(=O)c2ccc([N+](=O)[O-])cc2)c2cccc(C(F)(F)F)c2)CC1. The average Bonchev–Trinajstić information content (AvgIpc) is 2.93. The maximum atomic E-state index is 13.4. The number of rotatable bonds is 8. The van der Waals surface area contributed by atoms with E-state index in [1.807, 2.05) is 4.90 Å². The largest absolute Gasteiger partial charge is 0.416 e. The molecule has 0 atom stereocenters. The molecule has 1 fully saturated rings. The summed E-state index contributed by atoms with van der Waals surface area (Å²) >= 11 is 0. The van der Waals surface area contributed by atoms with E-state index in [-0.39, 0.29) is 35.2 Å². The molecule has 0 spiro atoms. The number of carbonyl (C=O) groups is 2. The second kappa shape index (κ2) is 11.7. The summed E-state index contributed by atoms with van der Waals surface area (Å²) in [5, 5.41) is 11.0. The number of nitro benzene ring substituents is 1. The Hall–Kier alpha value is -4.12. The summed E-state index contributed by atoms with van der Waals surface area (Å²) in [5.74, 6) is -1.30. The zero-order valence-electron chi connectivity index (χ0n) is 20.7. The van der Waals surface area contributed by atoms with Crippen molar-refractivity contribution >= 4 is 23.1 Å². The Balaban J connectivity index is 1.47. The lowest BCUT2D eigenvalue weighted by molar-refractivity contribution is -0.384. The first-order valence-corrected chi connectivity index (χ1v) is 12.3. The number of hydrogen-bond donors (Lipinski definition) is 0. The smallest absolute Gasteiger partial charge is 0.307 e. The van der Waals surface area contributed by atoms with Gasteiger partial charge in [0.15, 0.2) is 5.78 Å². The van der Waals surface area contributed by atoms with Crippen molar-refractivity contribution in [2.45, 2.75) is 19.0 Å². The van der Waals surface area contributed by atoms with Crippen LogP contribution in [0.25, 0.3) is 0 Å². The number of anilines is 1. The molecule has 1 saturated heterocycles. The van der Waals surface area contributed by atoms with Crippen LogP contribution in [0, 0.1) is 21.8 Å². The van der Waals surface area contributed by atoms with Crippen molar-refractivity contribution in [1.82, 2.24) is 4.90 Å². The number of nitrogens with zero attached hydrogens (tertiary/aromatic N) is 3. The summed E-state index contributed by atoms with van der Waals surface area (Å²) in [6.45, 7) is 1.49. The number of alkyl halides is 3. The zero-order chi connectivity index (χ0) is 28.2. The molecular weight excluding hydrogens is 518 g/mol. The Morgan fingerprint density at radius 3 is 2.15 bits per heavy atom. The summed E-state index contributed by atoms with van der Waals surface area (Å²) in [5.41, 5.74) is -0.521. The van der Waals surface area contributed by atoms with Crippen LogP contribution < -0.4 is 4.90 Å². The number of non-ortho nitro benzene ring substituents is 1. The number of carbonyl (C=O) groups excluding carboxylic acids is 2. The zero-order valence-corrected chi connectivity index (χ0v) is 20.7. The number of ketones is 1. The molecule has 11 heteroatoms. The molecule has 7 nitrogen and oxygen atoms in total. The van der Waals surface area contributed by atoms with Gasteiger partial charge in [-0.2, -0.15) is 13.2 Å². The van der Waals surface area contributed by atoms with E-state index in [1.54, 1.807) is 0 Å². The summed E-state index contributed by atoms with van der Waals surface area (Å²) in [4.78, 5) is 39.7. The number of benzene rings is 3. The second-order valence-electron chi connectivity index (χ2n) is 9.30. The van der Waals surface area contributed by atoms with Crippen LogP contribution in [0.5, 0.6) is 0 Å². The number of likely N-dealkylation sites (tertiary alicyclic amines) is 1. The molecule has 0 bridgehead atoms. The minimum atomic E-state index is -4.60. The molecular formula is C28H25F4N3O4. The number of hydrogen-bond acceptors (Lipinski definition) is 5. The van der Waals surface area contributed by atoms with Gasteiger partial charge in [-0.1, -0.05) is 6.07 Å². The van der Waals surface area contributed by atoms with Gasteiger partial charge in [0.1, 0.15) is 5.82 Å². The maximum Gasteiger partial charge on any atom is 0.416 e. The fourth-order valence-corrected chi connectivity index (χ4v) is 4.59. The van der Waals surface area contributed by atoms with Crippen molar-refractivity contribution < 1.29 is 32.1 Å². The highest BCUT2D eigenvalue weighted by Gasteiger charge is 2.32. The quantitative estimate of drug-likeness (QED) is 0.151. The molecule has 204 valence electrons. The number of amides is 1. The highest BCUT2D eigenvalue weighted by Crippen LogP contribution is 2.32. The van der Waals surface area contributed by atoms with Crippen LogP contribution in [0.3, 0.4) is 0 Å². The van der Waals surface area contributed by atoms with Crippen LogP contribution in [-0.2, 0) is 6.18 Å². The van der Waals surface area contributed by atoms with Gasteiger partial charge >= 0.3 is 6.18 Å². The third-order valence-corrected chi connectivity index (χ3v) is 6.78. The monoisotopic (exact) mass is 543 g/mol. The van der Waals surface area contributed by atoms with E-state index in [0.717, 1.165) is 12.1 Å². The van der Waals surface area contributed by atoms with Crippen LogP contribution in [0.4, 0.5) is 28.9 Å². The molecule has 0 N–H and O–H groups in total. The van der Waals surface area contributed by atoms with Gasteiger partial charge in [-0.25, -0.2) is 4.39 Å². The van der Waals surface area contributed by atoms with Crippen molar-refractivity contribution in [1.29, 1.82) is 0 Å². The predicted octanol–water partition coefficient (Wildman–Crippen LogP) is 5.99. The van der Waals surface area contributed by atoms with E-state index in [9.17, 15) is 37.3 Å². The molecule has 1 aliphatic heterocycles. The molecule has 1 amide bonds. The summed E-state index contributed by atoms with van der Waals surface area (Å²) in [6, 6.07) is 14.7. The van der Waals surface area contributed by atoms with Gasteiger partial charge in [-0.3, -0.25) is 19.7 Å². The predicted molar refractivity (Wildman–Crippen MR) is 136 cm³/mol. The molecule has 3 aromatic rings. The summed E-state index contributed by atoms with van der Waals surface area (Å²) < 4.78 is 53.3. The van der Waals surface area contributed by atoms with Crippen molar-refractivity contribution in [2.75, 3.05) is 31.1 Å². The van der Waals surface area contributed by atoms with Gasteiger partial charge in [0.05, 0.1) is 10.5 Å². The average molecular weight is 544 g/mol. The summed E-state index contributed by atoms with van der Waals surface area (Å²) in [6.07, 6.45) is -3.50. The van der Waals surface area contributed by atoms with Gasteiger partial charge in [0.2, 0.25) is 0 Å². The Morgan fingerprint density at radius 1 is 0.949 bits per heavy atom. The van der Waals surface area contributed by atoms with Crippen molar-refractivity contribution in [3.63, 3.8) is 0 Å². The van der Waals surface area contributed by atoms with Crippen LogP contribution in [-0.4, -0.2) is 47.7 Å². The standard InChI is InChI=1S/C28H25F4N3O4/c29-23-8-4-19(5-9-23)26(36)20-12-14-33(15-13-20)16-17-34(25-3-1-2-22(18-25)28(30,31)32)27(37)21-6-10-24(11-7-21)35(38)39/h1-11,18,20H,12-17H2. The van der Waals surface area contributed by atoms with E-state index < -0.39 is 28.4 Å². The normalized spacial score (nSPS) is 14.7. The van der Waals surface area contributed by atoms with E-state index >= 15 is 0 Å². The van der Waals surface area contributed by atoms with Crippen LogP contribution in [0.2, 0.25) is 0 Å². The van der Waals surface area contributed by atoms with E-state index in [2.05, 4.69) is 0 Å². The minimum absolute atomic E-state index is 0.0505. The van der Waals surface area contributed by atoms with Crippen LogP contribution in [0.1, 0.15) is 39.1 Å². The lowest BCUT2D eigenvalue weighted by Crippen LogP contribution is -2.43. The molecule has 0 aromatic heterocycles. The van der Waals surface area contributed by atoms with Gasteiger partial charge in [0.25, 0.3) is 11.6 Å². The molecule has 0 aliphatic carbocycles. The van der Waals surface area contributed by atoms with Crippen molar-refractivity contribution in [2.24, 2.45) is 5.92 Å². The Kier molecular flexibility index (Phi) is 8.39. The van der Waals surface area contributed by atoms with Crippen LogP contribution >= 0.6 is 0 Å².